The molecule has 0 saturated heterocycles. The summed E-state index contributed by atoms with van der Waals surface area (Å²) in [5.41, 5.74) is 4.03. The molecule has 0 aliphatic rings. The summed E-state index contributed by atoms with van der Waals surface area (Å²) in [7, 11) is 0. The number of rotatable bonds is 5. The molecule has 0 spiro atoms. The van der Waals surface area contributed by atoms with Crippen molar-refractivity contribution < 1.29 is 4.79 Å². The SMILES string of the molecule is Cc1cccc2c1cnn2CCC(=O)Nc1ccc(-n2ccnc2)cc1. The third kappa shape index (κ3) is 3.21. The highest BCUT2D eigenvalue weighted by Crippen LogP contribution is 2.18. The van der Waals surface area contributed by atoms with Gasteiger partial charge < -0.3 is 9.88 Å². The van der Waals surface area contributed by atoms with Crippen LogP contribution in [0.25, 0.3) is 16.6 Å². The minimum absolute atomic E-state index is 0.0308. The number of carbonyl (C=O) groups excluding carboxylic acids is 1. The van der Waals surface area contributed by atoms with Crippen LogP contribution in [0.2, 0.25) is 0 Å². The molecule has 4 aromatic rings. The van der Waals surface area contributed by atoms with Crippen molar-refractivity contribution in [1.29, 1.82) is 0 Å². The summed E-state index contributed by atoms with van der Waals surface area (Å²) in [5.74, 6) is -0.0308. The Kier molecular flexibility index (Phi) is 4.23. The second kappa shape index (κ2) is 6.84. The number of imidazole rings is 1. The van der Waals surface area contributed by atoms with Crippen LogP contribution >= 0.6 is 0 Å². The number of aryl methyl sites for hydroxylation is 2. The van der Waals surface area contributed by atoms with E-state index in [1.54, 1.807) is 12.5 Å². The summed E-state index contributed by atoms with van der Waals surface area (Å²) >= 11 is 0. The van der Waals surface area contributed by atoms with Crippen molar-refractivity contribution in [2.24, 2.45) is 0 Å². The van der Waals surface area contributed by atoms with E-state index in [2.05, 4.69) is 28.4 Å². The van der Waals surface area contributed by atoms with Crippen molar-refractivity contribution in [3.63, 3.8) is 0 Å². The summed E-state index contributed by atoms with van der Waals surface area (Å²) < 4.78 is 3.79. The maximum Gasteiger partial charge on any atom is 0.226 e. The molecule has 0 aliphatic carbocycles. The van der Waals surface area contributed by atoms with E-state index in [4.69, 9.17) is 0 Å². The number of fused-ring (bicyclic) bond motifs is 1. The molecule has 1 N–H and O–H groups in total. The molecule has 2 aromatic carbocycles. The molecule has 0 radical (unpaired) electrons. The second-order valence-corrected chi connectivity index (χ2v) is 6.19. The lowest BCUT2D eigenvalue weighted by molar-refractivity contribution is -0.116. The van der Waals surface area contributed by atoms with Crippen LogP contribution in [0.1, 0.15) is 12.0 Å². The molecule has 2 heterocycles. The molecule has 130 valence electrons. The Morgan fingerprint density at radius 3 is 2.77 bits per heavy atom. The maximum absolute atomic E-state index is 12.3. The zero-order valence-electron chi connectivity index (χ0n) is 14.5. The Hall–Kier alpha value is -3.41. The van der Waals surface area contributed by atoms with Gasteiger partial charge in [0.05, 0.1) is 24.6 Å². The Morgan fingerprint density at radius 2 is 2.00 bits per heavy atom. The first-order chi connectivity index (χ1) is 12.7. The molecule has 0 aliphatic heterocycles. The fourth-order valence-corrected chi connectivity index (χ4v) is 2.99. The van der Waals surface area contributed by atoms with Crippen LogP contribution in [0.5, 0.6) is 0 Å². The molecule has 2 aromatic heterocycles. The first kappa shape index (κ1) is 16.1. The van der Waals surface area contributed by atoms with Gasteiger partial charge in [0.25, 0.3) is 0 Å². The second-order valence-electron chi connectivity index (χ2n) is 6.19. The van der Waals surface area contributed by atoms with Crippen LogP contribution in [0.15, 0.2) is 67.4 Å². The predicted octanol–water partition coefficient (Wildman–Crippen LogP) is 3.56. The molecule has 26 heavy (non-hydrogen) atoms. The number of hydrogen-bond acceptors (Lipinski definition) is 3. The molecule has 0 atom stereocenters. The number of benzene rings is 2. The lowest BCUT2D eigenvalue weighted by atomic mass is 10.1. The normalized spacial score (nSPS) is 11.0. The first-order valence-electron chi connectivity index (χ1n) is 8.50. The third-order valence-electron chi connectivity index (χ3n) is 4.41. The number of carbonyl (C=O) groups is 1. The van der Waals surface area contributed by atoms with Gasteiger partial charge in [0.15, 0.2) is 0 Å². The van der Waals surface area contributed by atoms with Crippen molar-refractivity contribution in [2.45, 2.75) is 19.9 Å². The summed E-state index contributed by atoms with van der Waals surface area (Å²) in [4.78, 5) is 16.3. The monoisotopic (exact) mass is 345 g/mol. The van der Waals surface area contributed by atoms with Gasteiger partial charge in [-0.15, -0.1) is 0 Å². The zero-order valence-corrected chi connectivity index (χ0v) is 14.5. The van der Waals surface area contributed by atoms with Crippen molar-refractivity contribution in [2.75, 3.05) is 5.32 Å². The van der Waals surface area contributed by atoms with E-state index in [1.165, 1.54) is 5.56 Å². The largest absolute Gasteiger partial charge is 0.326 e. The van der Waals surface area contributed by atoms with Crippen molar-refractivity contribution >= 4 is 22.5 Å². The van der Waals surface area contributed by atoms with E-state index < -0.39 is 0 Å². The van der Waals surface area contributed by atoms with Crippen LogP contribution < -0.4 is 5.32 Å². The number of aromatic nitrogens is 4. The van der Waals surface area contributed by atoms with E-state index in [1.807, 2.05) is 58.0 Å². The summed E-state index contributed by atoms with van der Waals surface area (Å²) in [6, 6.07) is 13.8. The van der Waals surface area contributed by atoms with E-state index in [0.29, 0.717) is 13.0 Å². The summed E-state index contributed by atoms with van der Waals surface area (Å²) in [5, 5.41) is 8.46. The molecule has 0 unspecified atom stereocenters. The zero-order chi connectivity index (χ0) is 17.9. The number of anilines is 1. The minimum atomic E-state index is -0.0308. The standard InChI is InChI=1S/C20H19N5O/c1-15-3-2-4-19-18(15)13-22-25(19)11-9-20(26)23-16-5-7-17(8-6-16)24-12-10-21-14-24/h2-8,10,12-14H,9,11H2,1H3,(H,23,26). The molecule has 6 nitrogen and oxygen atoms in total. The van der Waals surface area contributed by atoms with E-state index >= 15 is 0 Å². The molecular formula is C20H19N5O. The van der Waals surface area contributed by atoms with Crippen LogP contribution in [0.4, 0.5) is 5.69 Å². The highest BCUT2D eigenvalue weighted by Gasteiger charge is 2.08. The van der Waals surface area contributed by atoms with Gasteiger partial charge in [-0.1, -0.05) is 12.1 Å². The van der Waals surface area contributed by atoms with Crippen molar-refractivity contribution in [3.05, 3.63) is 72.9 Å². The van der Waals surface area contributed by atoms with Crippen LogP contribution in [0.3, 0.4) is 0 Å². The lowest BCUT2D eigenvalue weighted by Gasteiger charge is -2.08. The molecular weight excluding hydrogens is 326 g/mol. The smallest absolute Gasteiger partial charge is 0.226 e. The van der Waals surface area contributed by atoms with Crippen LogP contribution in [-0.4, -0.2) is 25.2 Å². The fraction of sp³-hybridized carbons (Fsp3) is 0.150. The predicted molar refractivity (Wildman–Crippen MR) is 101 cm³/mol. The number of nitrogens with zero attached hydrogens (tertiary/aromatic N) is 4. The Labute approximate surface area is 151 Å². The third-order valence-corrected chi connectivity index (χ3v) is 4.41. The highest BCUT2D eigenvalue weighted by atomic mass is 16.1. The van der Waals surface area contributed by atoms with Gasteiger partial charge in [-0.25, -0.2) is 4.98 Å². The van der Waals surface area contributed by atoms with Gasteiger partial charge in [0.2, 0.25) is 5.91 Å². The molecule has 4 rings (SSSR count). The van der Waals surface area contributed by atoms with E-state index in [-0.39, 0.29) is 5.91 Å². The van der Waals surface area contributed by atoms with Gasteiger partial charge in [-0.3, -0.25) is 9.48 Å². The van der Waals surface area contributed by atoms with Gasteiger partial charge in [0.1, 0.15) is 0 Å². The van der Waals surface area contributed by atoms with Crippen LogP contribution in [0, 0.1) is 6.92 Å². The molecule has 0 bridgehead atoms. The summed E-state index contributed by atoms with van der Waals surface area (Å²) in [6.45, 7) is 2.61. The van der Waals surface area contributed by atoms with E-state index in [0.717, 1.165) is 22.3 Å². The van der Waals surface area contributed by atoms with E-state index in [9.17, 15) is 4.79 Å². The lowest BCUT2D eigenvalue weighted by Crippen LogP contribution is -2.15. The molecule has 1 amide bonds. The molecule has 0 saturated carbocycles. The van der Waals surface area contributed by atoms with Crippen molar-refractivity contribution in [3.8, 4) is 5.69 Å². The Morgan fingerprint density at radius 1 is 1.15 bits per heavy atom. The molecule has 0 fully saturated rings. The molecule has 6 heteroatoms. The number of hydrogen-bond donors (Lipinski definition) is 1. The first-order valence-corrected chi connectivity index (χ1v) is 8.50. The van der Waals surface area contributed by atoms with Gasteiger partial charge in [-0.05, 0) is 42.8 Å². The topological polar surface area (TPSA) is 64.7 Å². The number of nitrogens with one attached hydrogen (secondary N) is 1. The average molecular weight is 345 g/mol. The van der Waals surface area contributed by atoms with Gasteiger partial charge in [0, 0.05) is 35.6 Å². The quantitative estimate of drug-likeness (QED) is 0.601. The Balaban J connectivity index is 1.38. The van der Waals surface area contributed by atoms with Gasteiger partial charge in [-0.2, -0.15) is 5.10 Å². The summed E-state index contributed by atoms with van der Waals surface area (Å²) in [6.07, 6.45) is 7.58. The fourth-order valence-electron chi connectivity index (χ4n) is 2.99. The van der Waals surface area contributed by atoms with Gasteiger partial charge >= 0.3 is 0 Å². The number of amides is 1. The highest BCUT2D eigenvalue weighted by molar-refractivity contribution is 5.91. The Bertz CT molecular complexity index is 1030. The van der Waals surface area contributed by atoms with Crippen LogP contribution in [-0.2, 0) is 11.3 Å². The average Bonchev–Trinajstić information content (AvgIpc) is 3.31. The van der Waals surface area contributed by atoms with Crippen molar-refractivity contribution in [1.82, 2.24) is 19.3 Å². The maximum atomic E-state index is 12.3. The minimum Gasteiger partial charge on any atom is -0.326 e.